The summed E-state index contributed by atoms with van der Waals surface area (Å²) in [6, 6.07) is 1.97. The molecule has 2 N–H and O–H groups in total. The Hall–Kier alpha value is -1.33. The molecule has 2 aromatic rings. The first kappa shape index (κ1) is 15.1. The van der Waals surface area contributed by atoms with E-state index in [9.17, 15) is 0 Å². The summed E-state index contributed by atoms with van der Waals surface area (Å²) in [6.45, 7) is 6.95. The summed E-state index contributed by atoms with van der Waals surface area (Å²) < 4.78 is 3.66. The van der Waals surface area contributed by atoms with Crippen LogP contribution in [-0.4, -0.2) is 19.6 Å². The van der Waals surface area contributed by atoms with E-state index in [1.165, 1.54) is 0 Å². The van der Waals surface area contributed by atoms with Crippen molar-refractivity contribution >= 4 is 11.6 Å². The lowest BCUT2D eigenvalue weighted by Gasteiger charge is -2.13. The van der Waals surface area contributed by atoms with Crippen LogP contribution in [0.3, 0.4) is 0 Å². The van der Waals surface area contributed by atoms with Gasteiger partial charge in [0.15, 0.2) is 0 Å². The van der Waals surface area contributed by atoms with Crippen molar-refractivity contribution in [1.29, 1.82) is 0 Å². The van der Waals surface area contributed by atoms with Crippen LogP contribution in [0.4, 0.5) is 0 Å². The second-order valence-corrected chi connectivity index (χ2v) is 5.38. The van der Waals surface area contributed by atoms with Crippen molar-refractivity contribution in [1.82, 2.24) is 19.6 Å². The molecule has 0 radical (unpaired) electrons. The molecule has 6 heteroatoms. The number of rotatable bonds is 5. The Bertz CT molecular complexity index is 599. The molecule has 0 saturated carbocycles. The lowest BCUT2D eigenvalue weighted by atomic mass is 10.0. The summed E-state index contributed by atoms with van der Waals surface area (Å²) >= 11 is 6.27. The average molecular weight is 296 g/mol. The highest BCUT2D eigenvalue weighted by Gasteiger charge is 2.19. The highest BCUT2D eigenvalue weighted by Crippen LogP contribution is 2.25. The summed E-state index contributed by atoms with van der Waals surface area (Å²) in [6.07, 6.45) is 1.59. The fourth-order valence-corrected chi connectivity index (χ4v) is 2.69. The highest BCUT2D eigenvalue weighted by atomic mass is 35.5. The number of nitrogens with zero attached hydrogens (tertiary/aromatic N) is 4. The van der Waals surface area contributed by atoms with E-state index < -0.39 is 0 Å². The van der Waals surface area contributed by atoms with Gasteiger partial charge < -0.3 is 5.73 Å². The van der Waals surface area contributed by atoms with Crippen molar-refractivity contribution in [3.8, 4) is 0 Å². The van der Waals surface area contributed by atoms with E-state index in [1.54, 1.807) is 4.68 Å². The predicted octanol–water partition coefficient (Wildman–Crippen LogP) is 2.40. The van der Waals surface area contributed by atoms with E-state index in [0.29, 0.717) is 11.6 Å². The monoisotopic (exact) mass is 295 g/mol. The van der Waals surface area contributed by atoms with Gasteiger partial charge in [0.25, 0.3) is 0 Å². The molecule has 0 aliphatic heterocycles. The van der Waals surface area contributed by atoms with E-state index in [-0.39, 0.29) is 6.04 Å². The Morgan fingerprint density at radius 3 is 2.55 bits per heavy atom. The van der Waals surface area contributed by atoms with Gasteiger partial charge in [-0.05, 0) is 32.8 Å². The Labute approximate surface area is 124 Å². The fourth-order valence-electron chi connectivity index (χ4n) is 2.44. The molecule has 0 aliphatic rings. The van der Waals surface area contributed by atoms with Crippen molar-refractivity contribution in [3.05, 3.63) is 33.9 Å². The normalized spacial score (nSPS) is 12.9. The van der Waals surface area contributed by atoms with Gasteiger partial charge in [0.2, 0.25) is 0 Å². The number of hydrogen-bond acceptors (Lipinski definition) is 3. The van der Waals surface area contributed by atoms with Gasteiger partial charge in [0.05, 0.1) is 23.1 Å². The quantitative estimate of drug-likeness (QED) is 0.921. The lowest BCUT2D eigenvalue weighted by molar-refractivity contribution is 0.564. The fraction of sp³-hybridized carbons (Fsp3) is 0.571. The van der Waals surface area contributed by atoms with Crippen molar-refractivity contribution < 1.29 is 0 Å². The molecule has 1 unspecified atom stereocenters. The SMILES string of the molecule is CCc1cc(C(N)Cc2c(C)nn(C)c2Cl)n(CC)n1. The van der Waals surface area contributed by atoms with Gasteiger partial charge in [0.1, 0.15) is 5.15 Å². The summed E-state index contributed by atoms with van der Waals surface area (Å²) in [5.74, 6) is 0. The molecule has 20 heavy (non-hydrogen) atoms. The Morgan fingerprint density at radius 1 is 1.35 bits per heavy atom. The molecule has 110 valence electrons. The molecule has 2 rings (SSSR count). The van der Waals surface area contributed by atoms with Gasteiger partial charge in [0, 0.05) is 19.2 Å². The number of nitrogens with two attached hydrogens (primary N) is 1. The van der Waals surface area contributed by atoms with Gasteiger partial charge in [-0.25, -0.2) is 0 Å². The Morgan fingerprint density at radius 2 is 2.05 bits per heavy atom. The van der Waals surface area contributed by atoms with E-state index >= 15 is 0 Å². The maximum Gasteiger partial charge on any atom is 0.130 e. The van der Waals surface area contributed by atoms with Crippen LogP contribution >= 0.6 is 11.6 Å². The van der Waals surface area contributed by atoms with Crippen LogP contribution < -0.4 is 5.73 Å². The maximum atomic E-state index is 6.36. The summed E-state index contributed by atoms with van der Waals surface area (Å²) in [5.41, 5.74) is 10.4. The van der Waals surface area contributed by atoms with Crippen molar-refractivity contribution in [2.75, 3.05) is 0 Å². The first-order valence-electron chi connectivity index (χ1n) is 6.98. The minimum atomic E-state index is -0.122. The van der Waals surface area contributed by atoms with Gasteiger partial charge in [-0.15, -0.1) is 0 Å². The molecule has 2 heterocycles. The van der Waals surface area contributed by atoms with Gasteiger partial charge in [-0.3, -0.25) is 9.36 Å². The van der Waals surface area contributed by atoms with Crippen LogP contribution in [-0.2, 0) is 26.4 Å². The largest absolute Gasteiger partial charge is 0.322 e. The third-order valence-electron chi connectivity index (χ3n) is 3.60. The Balaban J connectivity index is 2.27. The predicted molar refractivity (Wildman–Crippen MR) is 80.9 cm³/mol. The molecule has 0 amide bonds. The number of aromatic nitrogens is 4. The minimum absolute atomic E-state index is 0.122. The molecule has 0 fully saturated rings. The van der Waals surface area contributed by atoms with Crippen molar-refractivity contribution in [3.63, 3.8) is 0 Å². The van der Waals surface area contributed by atoms with Gasteiger partial charge in [-0.1, -0.05) is 18.5 Å². The average Bonchev–Trinajstić information content (AvgIpc) is 2.95. The smallest absolute Gasteiger partial charge is 0.130 e. The van der Waals surface area contributed by atoms with Crippen molar-refractivity contribution in [2.45, 2.75) is 46.2 Å². The minimum Gasteiger partial charge on any atom is -0.322 e. The molecule has 0 spiro atoms. The summed E-state index contributed by atoms with van der Waals surface area (Å²) in [7, 11) is 1.84. The standard InChI is InChI=1S/C14H22ClN5/c1-5-10-7-13(20(6-2)18-10)12(16)8-11-9(3)17-19(4)14(11)15/h7,12H,5-6,8,16H2,1-4H3. The third-order valence-corrected chi connectivity index (χ3v) is 4.07. The molecule has 1 atom stereocenters. The van der Waals surface area contributed by atoms with Crippen LogP contribution in [0.1, 0.15) is 42.5 Å². The third kappa shape index (κ3) is 2.74. The van der Waals surface area contributed by atoms with Crippen LogP contribution in [0.2, 0.25) is 5.15 Å². The molecule has 5 nitrogen and oxygen atoms in total. The van der Waals surface area contributed by atoms with Gasteiger partial charge in [-0.2, -0.15) is 10.2 Å². The van der Waals surface area contributed by atoms with E-state index in [1.807, 2.05) is 18.7 Å². The van der Waals surface area contributed by atoms with Crippen molar-refractivity contribution in [2.24, 2.45) is 12.8 Å². The second-order valence-electron chi connectivity index (χ2n) is 5.02. The van der Waals surface area contributed by atoms with Crippen LogP contribution in [0.25, 0.3) is 0 Å². The molecular weight excluding hydrogens is 274 g/mol. The first-order valence-corrected chi connectivity index (χ1v) is 7.35. The number of halogens is 1. The lowest BCUT2D eigenvalue weighted by Crippen LogP contribution is -2.18. The summed E-state index contributed by atoms with van der Waals surface area (Å²) in [4.78, 5) is 0. The highest BCUT2D eigenvalue weighted by molar-refractivity contribution is 6.30. The summed E-state index contributed by atoms with van der Waals surface area (Å²) in [5, 5.41) is 9.53. The molecule has 0 aliphatic carbocycles. The molecule has 2 aromatic heterocycles. The maximum absolute atomic E-state index is 6.36. The van der Waals surface area contributed by atoms with E-state index in [0.717, 1.165) is 35.6 Å². The Kier molecular flexibility index (Phi) is 4.50. The molecule has 0 aromatic carbocycles. The molecular formula is C14H22ClN5. The van der Waals surface area contributed by atoms with Gasteiger partial charge >= 0.3 is 0 Å². The van der Waals surface area contributed by atoms with Crippen LogP contribution in [0, 0.1) is 6.92 Å². The van der Waals surface area contributed by atoms with Crippen LogP contribution in [0.15, 0.2) is 6.07 Å². The number of hydrogen-bond donors (Lipinski definition) is 1. The topological polar surface area (TPSA) is 61.7 Å². The van der Waals surface area contributed by atoms with E-state index in [4.69, 9.17) is 17.3 Å². The van der Waals surface area contributed by atoms with E-state index in [2.05, 4.69) is 30.1 Å². The second kappa shape index (κ2) is 5.97. The number of aryl methyl sites for hydroxylation is 4. The van der Waals surface area contributed by atoms with Crippen LogP contribution in [0.5, 0.6) is 0 Å². The zero-order valence-electron chi connectivity index (χ0n) is 12.5. The first-order chi connectivity index (χ1) is 9.47. The zero-order chi connectivity index (χ0) is 14.9. The zero-order valence-corrected chi connectivity index (χ0v) is 13.3. The molecule has 0 bridgehead atoms. The molecule has 0 saturated heterocycles.